The number of amides is 1. The van der Waals surface area contributed by atoms with E-state index in [9.17, 15) is 49.3 Å². The van der Waals surface area contributed by atoms with E-state index in [1.54, 1.807) is 27.7 Å². The first-order valence-corrected chi connectivity index (χ1v) is 19.6. The highest BCUT2D eigenvalue weighted by Gasteiger charge is 2.80. The Morgan fingerprint density at radius 2 is 1.64 bits per heavy atom. The van der Waals surface area contributed by atoms with Gasteiger partial charge in [0.2, 0.25) is 11.7 Å². The summed E-state index contributed by atoms with van der Waals surface area (Å²) < 4.78 is 41.1. The van der Waals surface area contributed by atoms with Crippen LogP contribution in [-0.2, 0) is 52.6 Å². The number of alkyl halides is 1. The molecule has 2 N–H and O–H groups in total. The van der Waals surface area contributed by atoms with Crippen LogP contribution in [0.2, 0.25) is 0 Å². The Morgan fingerprint density at radius 1 is 0.983 bits per heavy atom. The van der Waals surface area contributed by atoms with Crippen LogP contribution in [0.5, 0.6) is 0 Å². The maximum absolute atomic E-state index is 17.7. The van der Waals surface area contributed by atoms with Crippen LogP contribution in [0, 0.1) is 42.9 Å². The van der Waals surface area contributed by atoms with Crippen LogP contribution in [-0.4, -0.2) is 106 Å². The minimum atomic E-state index is -2.17. The molecule has 58 heavy (non-hydrogen) atoms. The predicted molar refractivity (Wildman–Crippen MR) is 194 cm³/mol. The van der Waals surface area contributed by atoms with Crippen molar-refractivity contribution < 1.29 is 72.3 Å². The number of ketones is 2. The first kappa shape index (κ1) is 44.5. The monoisotopic (exact) mass is 825 g/mol. The summed E-state index contributed by atoms with van der Waals surface area (Å²) in [6.45, 7) is 5.23. The van der Waals surface area contributed by atoms with Crippen molar-refractivity contribution in [2.45, 2.75) is 134 Å². The highest BCUT2D eigenvalue weighted by molar-refractivity contribution is 5.94. The summed E-state index contributed by atoms with van der Waals surface area (Å²) in [5, 5.41) is 33.0. The first-order chi connectivity index (χ1) is 27.2. The summed E-state index contributed by atoms with van der Waals surface area (Å²) >= 11 is 0. The van der Waals surface area contributed by atoms with E-state index in [0.717, 1.165) is 0 Å². The minimum absolute atomic E-state index is 0.0458. The summed E-state index contributed by atoms with van der Waals surface area (Å²) in [6, 6.07) is -1.55. The van der Waals surface area contributed by atoms with Gasteiger partial charge >= 0.3 is 11.9 Å². The molecule has 2 saturated carbocycles. The van der Waals surface area contributed by atoms with Crippen molar-refractivity contribution in [1.82, 2.24) is 5.32 Å². The molecule has 1 heterocycles. The number of hydrogen-bond donors (Lipinski definition) is 2. The van der Waals surface area contributed by atoms with Crippen molar-refractivity contribution in [3.63, 3.8) is 0 Å². The maximum Gasteiger partial charge on any atom is 0.329 e. The molecule has 1 saturated heterocycles. The fraction of sp³-hybridized carbons (Fsp3) is 0.763. The van der Waals surface area contributed by atoms with Crippen LogP contribution in [0.4, 0.5) is 4.39 Å². The van der Waals surface area contributed by atoms with E-state index in [4.69, 9.17) is 18.9 Å². The van der Waals surface area contributed by atoms with Gasteiger partial charge < -0.3 is 39.0 Å². The second kappa shape index (κ2) is 17.3. The zero-order chi connectivity index (χ0) is 42.7. The van der Waals surface area contributed by atoms with E-state index in [1.807, 2.05) is 6.08 Å². The van der Waals surface area contributed by atoms with E-state index in [2.05, 4.69) is 15.0 Å². The highest BCUT2D eigenvalue weighted by Crippen LogP contribution is 2.72. The third-order valence-corrected chi connectivity index (χ3v) is 12.6. The molecule has 0 radical (unpaired) electrons. The van der Waals surface area contributed by atoms with Crippen LogP contribution in [0.25, 0.3) is 0 Å². The van der Waals surface area contributed by atoms with Gasteiger partial charge in [0.05, 0.1) is 38.4 Å². The lowest BCUT2D eigenvalue weighted by atomic mass is 9.45. The van der Waals surface area contributed by atoms with Crippen molar-refractivity contribution in [2.24, 2.45) is 22.7 Å². The molecule has 3 fully saturated rings. The number of aliphatic hydroxyl groups is 1. The Bertz CT molecular complexity index is 1720. The molecule has 0 aromatic carbocycles. The smallest absolute Gasteiger partial charge is 0.329 e. The summed E-state index contributed by atoms with van der Waals surface area (Å²) in [5.74, 6) is -6.15. The normalized spacial score (nSPS) is 33.3. The number of Topliss-reactive ketones (excluding diaryl/α,β-unsaturated/α-hetero) is 1. The molecular weight excluding hydrogens is 773 g/mol. The van der Waals surface area contributed by atoms with Gasteiger partial charge in [-0.2, -0.15) is 0 Å². The summed E-state index contributed by atoms with van der Waals surface area (Å²) in [5.41, 5.74) is -5.81. The molecular formula is C38H52FN3O16. The molecule has 20 heteroatoms. The highest BCUT2D eigenvalue weighted by atomic mass is 19.1. The standard InChI is InChI=1S/C38H52FN3O16/c1-34(2)57-30-19-26-25-12-11-23-18-24(43)13-14-35(23,3)37(25,39)28(44)21-36(26,4)38(30,58-34)29(45)22-54-32(47)20-27(33(48)53-15-8-9-17-56-42(51)52)40-31(46)10-6-5-7-16-55-41(49)50/h11,13-14,25-28,30,44H,5-10,12,15-22H2,1-4H3,(H,40,46)/t25-,26-,27?,28-,30+,35-,36-,37-,38+/m0/s1. The molecule has 0 bridgehead atoms. The number of ether oxygens (including phenoxy) is 4. The third-order valence-electron chi connectivity index (χ3n) is 12.6. The van der Waals surface area contributed by atoms with E-state index < -0.39 is 105 Å². The number of carbonyl (C=O) groups is 5. The van der Waals surface area contributed by atoms with Gasteiger partial charge in [-0.3, -0.25) is 19.2 Å². The Balaban J connectivity index is 1.27. The summed E-state index contributed by atoms with van der Waals surface area (Å²) in [4.78, 5) is 95.0. The average molecular weight is 826 g/mol. The number of nitrogens with one attached hydrogen (secondary N) is 1. The van der Waals surface area contributed by atoms with Crippen LogP contribution in [0.15, 0.2) is 23.8 Å². The lowest BCUT2D eigenvalue weighted by Crippen LogP contribution is -2.69. The average Bonchev–Trinajstić information content (AvgIpc) is 3.55. The topological polar surface area (TPSA) is 259 Å². The van der Waals surface area contributed by atoms with Crippen LogP contribution in [0.1, 0.15) is 98.3 Å². The van der Waals surface area contributed by atoms with Crippen molar-refractivity contribution in [3.05, 3.63) is 44.0 Å². The molecule has 4 aliphatic carbocycles. The van der Waals surface area contributed by atoms with Crippen LogP contribution >= 0.6 is 0 Å². The fourth-order valence-electron chi connectivity index (χ4n) is 9.97. The largest absolute Gasteiger partial charge is 0.464 e. The lowest BCUT2D eigenvalue weighted by molar-refractivity contribution is -0.757. The van der Waals surface area contributed by atoms with E-state index in [1.165, 1.54) is 12.2 Å². The second-order valence-electron chi connectivity index (χ2n) is 16.5. The van der Waals surface area contributed by atoms with Gasteiger partial charge in [-0.05, 0) is 77.7 Å². The van der Waals surface area contributed by atoms with Crippen molar-refractivity contribution in [1.29, 1.82) is 0 Å². The number of unbranched alkanes of at least 4 members (excludes halogenated alkanes) is 3. The van der Waals surface area contributed by atoms with Crippen molar-refractivity contribution in [3.8, 4) is 0 Å². The van der Waals surface area contributed by atoms with Gasteiger partial charge in [0, 0.05) is 29.6 Å². The number of rotatable bonds is 20. The summed E-state index contributed by atoms with van der Waals surface area (Å²) in [7, 11) is 0. The van der Waals surface area contributed by atoms with Crippen LogP contribution < -0.4 is 5.32 Å². The molecule has 9 atom stereocenters. The first-order valence-electron chi connectivity index (χ1n) is 19.6. The van der Waals surface area contributed by atoms with Gasteiger partial charge in [0.1, 0.15) is 6.04 Å². The fourth-order valence-corrected chi connectivity index (χ4v) is 9.97. The van der Waals surface area contributed by atoms with Gasteiger partial charge in [-0.15, -0.1) is 20.2 Å². The second-order valence-corrected chi connectivity index (χ2v) is 16.5. The number of aliphatic hydroxyl groups excluding tert-OH is 1. The van der Waals surface area contributed by atoms with Gasteiger partial charge in [0.25, 0.3) is 10.2 Å². The number of fused-ring (bicyclic) bond motifs is 7. The molecule has 1 amide bonds. The molecule has 1 aliphatic heterocycles. The third kappa shape index (κ3) is 8.59. The molecule has 322 valence electrons. The Hall–Kier alpha value is -4.56. The molecule has 1 unspecified atom stereocenters. The van der Waals surface area contributed by atoms with Crippen LogP contribution in [0.3, 0.4) is 0 Å². The van der Waals surface area contributed by atoms with Gasteiger partial charge in [-0.1, -0.05) is 31.1 Å². The molecule has 0 spiro atoms. The number of hydrogen-bond acceptors (Lipinski definition) is 16. The number of halogens is 1. The molecule has 5 aliphatic rings. The van der Waals surface area contributed by atoms with E-state index in [-0.39, 0.29) is 77.0 Å². The van der Waals surface area contributed by atoms with E-state index >= 15 is 4.39 Å². The Morgan fingerprint density at radius 3 is 2.31 bits per heavy atom. The summed E-state index contributed by atoms with van der Waals surface area (Å²) in [6.07, 6.45) is 2.96. The van der Waals surface area contributed by atoms with Gasteiger partial charge in [0.15, 0.2) is 29.4 Å². The Kier molecular flexibility index (Phi) is 13.3. The maximum atomic E-state index is 17.7. The van der Waals surface area contributed by atoms with Crippen molar-refractivity contribution >= 4 is 29.4 Å². The number of nitrogens with zero attached hydrogens (tertiary/aromatic N) is 2. The number of esters is 2. The lowest BCUT2D eigenvalue weighted by Gasteiger charge is -2.62. The zero-order valence-electron chi connectivity index (χ0n) is 33.1. The quantitative estimate of drug-likeness (QED) is 0.0587. The SMILES string of the molecule is CC1(C)O[C@@H]2C[C@H]3[C@@H]4CC=C5CC(=O)C=C[C@]5(C)[C@@]4(F)[C@@H](O)C[C@]3(C)[C@]2(C(=O)COC(=O)CC(NC(=O)CCCCCO[N+](=O)[O-])C(=O)OCCCCO[N+](=O)[O-])O1. The van der Waals surface area contributed by atoms with E-state index in [0.29, 0.717) is 18.4 Å². The zero-order valence-corrected chi connectivity index (χ0v) is 33.1. The molecule has 19 nitrogen and oxygen atoms in total. The van der Waals surface area contributed by atoms with Gasteiger partial charge in [-0.25, -0.2) is 9.18 Å². The van der Waals surface area contributed by atoms with Crippen molar-refractivity contribution in [2.75, 3.05) is 26.4 Å². The molecule has 5 rings (SSSR count). The predicted octanol–water partition coefficient (Wildman–Crippen LogP) is 3.15. The Labute approximate surface area is 333 Å². The molecule has 0 aromatic rings. The minimum Gasteiger partial charge on any atom is -0.464 e. The number of carbonyl (C=O) groups excluding carboxylic acids is 5. The number of allylic oxidation sites excluding steroid dienone is 4. The molecule has 0 aromatic heterocycles.